The van der Waals surface area contributed by atoms with Crippen LogP contribution in [0.4, 0.5) is 15.4 Å². The van der Waals surface area contributed by atoms with Gasteiger partial charge in [-0.25, -0.2) is 9.59 Å². The van der Waals surface area contributed by atoms with Crippen molar-refractivity contribution in [1.82, 2.24) is 20.3 Å². The number of hydrogen-bond donors (Lipinski definition) is 1. The third-order valence-corrected chi connectivity index (χ3v) is 5.83. The number of fused-ring (bicyclic) bond motifs is 1. The van der Waals surface area contributed by atoms with Gasteiger partial charge in [-0.1, -0.05) is 11.2 Å². The molecule has 0 unspecified atom stereocenters. The number of piperazine rings is 1. The molecule has 4 rings (SSSR count). The number of benzene rings is 1. The molecule has 10 heteroatoms. The second-order valence-electron chi connectivity index (χ2n) is 10.2. The third kappa shape index (κ3) is 4.95. The zero-order chi connectivity index (χ0) is 24.0. The second kappa shape index (κ2) is 8.33. The van der Waals surface area contributed by atoms with E-state index >= 15 is 0 Å². The van der Waals surface area contributed by atoms with Crippen molar-refractivity contribution in [2.24, 2.45) is 0 Å². The fraction of sp³-hybridized carbons (Fsp3) is 0.565. The summed E-state index contributed by atoms with van der Waals surface area (Å²) in [6, 6.07) is 5.30. The van der Waals surface area contributed by atoms with Gasteiger partial charge < -0.3 is 14.2 Å². The number of nitrogens with one attached hydrogen (secondary N) is 1. The molecule has 2 aliphatic heterocycles. The molecule has 33 heavy (non-hydrogen) atoms. The van der Waals surface area contributed by atoms with Gasteiger partial charge in [0.05, 0.1) is 10.9 Å². The van der Waals surface area contributed by atoms with E-state index in [0.717, 1.165) is 10.9 Å². The van der Waals surface area contributed by atoms with Crippen LogP contribution < -0.4 is 10.2 Å². The summed E-state index contributed by atoms with van der Waals surface area (Å²) in [6.45, 7) is 12.6. The van der Waals surface area contributed by atoms with Gasteiger partial charge in [-0.2, -0.15) is 0 Å². The lowest BCUT2D eigenvalue weighted by atomic mass is 9.98. The summed E-state index contributed by atoms with van der Waals surface area (Å²) >= 11 is 0. The molecule has 1 N–H and O–H groups in total. The molecule has 2 fully saturated rings. The maximum atomic E-state index is 12.7. The van der Waals surface area contributed by atoms with E-state index in [4.69, 9.17) is 9.26 Å². The molecule has 2 saturated heterocycles. The number of ether oxygens (including phenoxy) is 1. The highest BCUT2D eigenvalue weighted by Gasteiger charge is 2.39. The Morgan fingerprint density at radius 2 is 1.97 bits per heavy atom. The van der Waals surface area contributed by atoms with Crippen LogP contribution in [-0.4, -0.2) is 70.3 Å². The number of nitrogens with zero attached hydrogens (tertiary/aromatic N) is 4. The Balaban J connectivity index is 1.48. The van der Waals surface area contributed by atoms with Crippen molar-refractivity contribution in [2.45, 2.75) is 58.7 Å². The summed E-state index contributed by atoms with van der Waals surface area (Å²) in [5.41, 5.74) is 0.704. The number of hydrogen-bond acceptors (Lipinski definition) is 7. The Hall–Kier alpha value is -3.14. The summed E-state index contributed by atoms with van der Waals surface area (Å²) in [5, 5.41) is 7.11. The van der Waals surface area contributed by atoms with Gasteiger partial charge in [-0.15, -0.1) is 0 Å². The summed E-state index contributed by atoms with van der Waals surface area (Å²) in [4.78, 5) is 41.9. The van der Waals surface area contributed by atoms with E-state index in [2.05, 4.69) is 15.4 Å². The zero-order valence-electron chi connectivity index (χ0n) is 19.8. The summed E-state index contributed by atoms with van der Waals surface area (Å²) < 4.78 is 11.0. The lowest BCUT2D eigenvalue weighted by Gasteiger charge is -2.47. The van der Waals surface area contributed by atoms with Crippen molar-refractivity contribution in [3.05, 3.63) is 23.8 Å². The van der Waals surface area contributed by atoms with Crippen LogP contribution in [0.3, 0.4) is 0 Å². The van der Waals surface area contributed by atoms with Gasteiger partial charge in [-0.05, 0) is 52.3 Å². The smallest absolute Gasteiger partial charge is 0.410 e. The average Bonchev–Trinajstić information content (AvgIpc) is 3.09. The van der Waals surface area contributed by atoms with E-state index in [9.17, 15) is 14.4 Å². The molecule has 0 saturated carbocycles. The Morgan fingerprint density at radius 1 is 1.21 bits per heavy atom. The van der Waals surface area contributed by atoms with Crippen LogP contribution in [0, 0.1) is 0 Å². The topological polar surface area (TPSA) is 108 Å². The molecule has 2 aromatic rings. The lowest BCUT2D eigenvalue weighted by molar-refractivity contribution is -0.120. The zero-order valence-corrected chi connectivity index (χ0v) is 19.8. The SMILES string of the molecule is CC(C)(C)OC(=O)N1CCN(Cc2ccc3onc(N4CCC(=O)NC4=O)c3c2)CC1(C)C. The number of urea groups is 1. The number of rotatable bonds is 3. The molecule has 0 aliphatic carbocycles. The molecular weight excluding hydrogens is 426 g/mol. The lowest BCUT2D eigenvalue weighted by Crippen LogP contribution is -2.61. The van der Waals surface area contributed by atoms with Crippen LogP contribution in [0.1, 0.15) is 46.6 Å². The molecule has 1 aromatic heterocycles. The quantitative estimate of drug-likeness (QED) is 0.754. The van der Waals surface area contributed by atoms with Crippen molar-refractivity contribution in [3.63, 3.8) is 0 Å². The highest BCUT2D eigenvalue weighted by atomic mass is 16.6. The number of aromatic nitrogens is 1. The van der Waals surface area contributed by atoms with E-state index in [0.29, 0.717) is 37.6 Å². The standard InChI is InChI=1S/C23H31N5O5/c1-22(2,3)32-21(31)28-11-10-26(14-23(28,4)5)13-15-6-7-17-16(12-15)19(25-33-17)27-9-8-18(29)24-20(27)30/h6-7,12H,8-11,13-14H2,1-5H3,(H,24,29,30). The van der Waals surface area contributed by atoms with Crippen molar-refractivity contribution >= 4 is 34.8 Å². The van der Waals surface area contributed by atoms with Crippen molar-refractivity contribution in [2.75, 3.05) is 31.1 Å². The minimum absolute atomic E-state index is 0.219. The average molecular weight is 458 g/mol. The first-order chi connectivity index (χ1) is 15.4. The number of carbonyl (C=O) groups excluding carboxylic acids is 3. The summed E-state index contributed by atoms with van der Waals surface area (Å²) in [6.07, 6.45) is -0.0717. The monoisotopic (exact) mass is 457 g/mol. The highest BCUT2D eigenvalue weighted by Crippen LogP contribution is 2.30. The first kappa shape index (κ1) is 23.0. The molecule has 3 heterocycles. The first-order valence-corrected chi connectivity index (χ1v) is 11.2. The molecule has 4 amide bonds. The minimum Gasteiger partial charge on any atom is -0.444 e. The van der Waals surface area contributed by atoms with Gasteiger partial charge in [0, 0.05) is 39.1 Å². The van der Waals surface area contributed by atoms with E-state index in [1.807, 2.05) is 52.8 Å². The second-order valence-corrected chi connectivity index (χ2v) is 10.2. The largest absolute Gasteiger partial charge is 0.444 e. The number of anilines is 1. The molecule has 0 spiro atoms. The van der Waals surface area contributed by atoms with E-state index in [1.54, 1.807) is 4.90 Å². The predicted molar refractivity (Wildman–Crippen MR) is 122 cm³/mol. The molecule has 1 aromatic carbocycles. The van der Waals surface area contributed by atoms with Crippen LogP contribution in [0.5, 0.6) is 0 Å². The normalized spacial score (nSPS) is 19.7. The Kier molecular flexibility index (Phi) is 5.81. The van der Waals surface area contributed by atoms with Crippen LogP contribution in [0.25, 0.3) is 11.0 Å². The number of carbonyl (C=O) groups is 3. The Labute approximate surface area is 192 Å². The van der Waals surface area contributed by atoms with Gasteiger partial charge >= 0.3 is 12.1 Å². The van der Waals surface area contributed by atoms with Crippen molar-refractivity contribution < 1.29 is 23.6 Å². The molecule has 0 bridgehead atoms. The van der Waals surface area contributed by atoms with Crippen LogP contribution in [-0.2, 0) is 16.1 Å². The van der Waals surface area contributed by atoms with Gasteiger partial charge in [0.15, 0.2) is 11.4 Å². The fourth-order valence-electron chi connectivity index (χ4n) is 4.34. The Morgan fingerprint density at radius 3 is 2.64 bits per heavy atom. The highest BCUT2D eigenvalue weighted by molar-refractivity contribution is 6.08. The summed E-state index contributed by atoms with van der Waals surface area (Å²) in [7, 11) is 0. The Bertz CT molecular complexity index is 1090. The van der Waals surface area contributed by atoms with Gasteiger partial charge in [0.1, 0.15) is 5.60 Å². The molecule has 10 nitrogen and oxygen atoms in total. The molecule has 0 radical (unpaired) electrons. The van der Waals surface area contributed by atoms with Gasteiger partial charge in [0.25, 0.3) is 0 Å². The molecular formula is C23H31N5O5. The van der Waals surface area contributed by atoms with E-state index in [1.165, 1.54) is 4.90 Å². The number of amides is 4. The molecule has 2 aliphatic rings. The fourth-order valence-corrected chi connectivity index (χ4v) is 4.34. The molecule has 0 atom stereocenters. The van der Waals surface area contributed by atoms with E-state index in [-0.39, 0.29) is 30.5 Å². The van der Waals surface area contributed by atoms with Gasteiger partial charge in [-0.3, -0.25) is 19.9 Å². The van der Waals surface area contributed by atoms with Crippen LogP contribution >= 0.6 is 0 Å². The first-order valence-electron chi connectivity index (χ1n) is 11.2. The van der Waals surface area contributed by atoms with Crippen LogP contribution in [0.2, 0.25) is 0 Å². The number of imide groups is 1. The third-order valence-electron chi connectivity index (χ3n) is 5.83. The minimum atomic E-state index is -0.533. The maximum Gasteiger partial charge on any atom is 0.410 e. The molecule has 178 valence electrons. The predicted octanol–water partition coefficient (Wildman–Crippen LogP) is 3.11. The van der Waals surface area contributed by atoms with E-state index < -0.39 is 11.6 Å². The van der Waals surface area contributed by atoms with Gasteiger partial charge in [0.2, 0.25) is 5.91 Å². The summed E-state index contributed by atoms with van der Waals surface area (Å²) in [5.74, 6) is 0.116. The maximum absolute atomic E-state index is 12.7. The van der Waals surface area contributed by atoms with Crippen molar-refractivity contribution in [3.8, 4) is 0 Å². The van der Waals surface area contributed by atoms with Crippen LogP contribution in [0.15, 0.2) is 22.7 Å². The van der Waals surface area contributed by atoms with Crippen molar-refractivity contribution in [1.29, 1.82) is 0 Å².